The Morgan fingerprint density at radius 3 is 2.29 bits per heavy atom. The van der Waals surface area contributed by atoms with Gasteiger partial charge in [0.1, 0.15) is 17.7 Å². The third-order valence-corrected chi connectivity index (χ3v) is 6.82. The minimum Gasteiger partial charge on any atom is -0.493 e. The Bertz CT molecular complexity index is 1580. The first-order valence-corrected chi connectivity index (χ1v) is 14.3. The molecule has 0 saturated carbocycles. The van der Waals surface area contributed by atoms with E-state index in [1.807, 2.05) is 60.7 Å². The molecule has 0 fully saturated rings. The van der Waals surface area contributed by atoms with Crippen molar-refractivity contribution >= 4 is 17.7 Å². The summed E-state index contributed by atoms with van der Waals surface area (Å²) in [6, 6.07) is 25.6. The fourth-order valence-electron chi connectivity index (χ4n) is 4.66. The van der Waals surface area contributed by atoms with Gasteiger partial charge in [-0.05, 0) is 36.6 Å². The van der Waals surface area contributed by atoms with Crippen LogP contribution < -0.4 is 14.2 Å². The van der Waals surface area contributed by atoms with Gasteiger partial charge in [-0.3, -0.25) is 14.4 Å². The predicted molar refractivity (Wildman–Crippen MR) is 162 cm³/mol. The lowest BCUT2D eigenvalue weighted by atomic mass is 9.93. The monoisotopic (exact) mass is 615 g/mol. The molecule has 1 heterocycles. The van der Waals surface area contributed by atoms with Crippen molar-refractivity contribution in [3.05, 3.63) is 120 Å². The number of carbonyl (C=O) groups is 3. The highest BCUT2D eigenvalue weighted by molar-refractivity contribution is 5.99. The van der Waals surface area contributed by atoms with Gasteiger partial charge in [-0.15, -0.1) is 0 Å². The lowest BCUT2D eigenvalue weighted by Gasteiger charge is -2.27. The number of aromatic nitrogens is 1. The molecule has 0 aliphatic rings. The number of carbonyl (C=O) groups excluding carboxylic acids is 3. The molecule has 0 saturated heterocycles. The molecule has 0 N–H and O–H groups in total. The molecule has 0 bridgehead atoms. The van der Waals surface area contributed by atoms with E-state index in [4.69, 9.17) is 23.7 Å². The van der Waals surface area contributed by atoms with Crippen LogP contribution in [0.25, 0.3) is 0 Å². The number of halogens is 1. The molecular weight excluding hydrogens is 581 g/mol. The SMILES string of the molecule is COc1ccnc(C(=O)C[C@@H](Cc2ccccc2)C(=O)O[C@@H](C)[C@H](Oc2cccc(F)c2)c2ccccc2)c1OCOC(C)=O. The standard InChI is InChI=1S/C35H34FNO8/c1-23(33(26-13-8-5-9-14-26)45-29-16-10-15-28(36)21-29)44-35(40)27(19-25-11-6-4-7-12-25)20-30(39)32-34(43-22-42-24(2)38)31(41-3)17-18-37-32/h4-18,21,23,27,33H,19-20,22H2,1-3H3/t23-,27+,33-/m0/s1. The Hall–Kier alpha value is -5.25. The van der Waals surface area contributed by atoms with Crippen LogP contribution in [0.5, 0.6) is 17.2 Å². The van der Waals surface area contributed by atoms with Crippen LogP contribution >= 0.6 is 0 Å². The highest BCUT2D eigenvalue weighted by Crippen LogP contribution is 2.32. The van der Waals surface area contributed by atoms with Gasteiger partial charge < -0.3 is 23.7 Å². The second-order valence-corrected chi connectivity index (χ2v) is 10.2. The highest BCUT2D eigenvalue weighted by Gasteiger charge is 2.32. The lowest BCUT2D eigenvalue weighted by Crippen LogP contribution is -2.31. The Labute approximate surface area is 260 Å². The van der Waals surface area contributed by atoms with Gasteiger partial charge in [0.2, 0.25) is 6.79 Å². The first kappa shape index (κ1) is 32.7. The maximum Gasteiger partial charge on any atom is 0.310 e. The summed E-state index contributed by atoms with van der Waals surface area (Å²) < 4.78 is 41.8. The largest absolute Gasteiger partial charge is 0.493 e. The summed E-state index contributed by atoms with van der Waals surface area (Å²) in [7, 11) is 1.40. The van der Waals surface area contributed by atoms with E-state index in [2.05, 4.69) is 4.98 Å². The van der Waals surface area contributed by atoms with Crippen molar-refractivity contribution in [1.82, 2.24) is 4.98 Å². The summed E-state index contributed by atoms with van der Waals surface area (Å²) in [5.74, 6) is -2.62. The Kier molecular flexibility index (Phi) is 11.6. The first-order chi connectivity index (χ1) is 21.7. The number of ketones is 1. The number of methoxy groups -OCH3 is 1. The minimum absolute atomic E-state index is 0.0147. The molecular formula is C35H34FNO8. The van der Waals surface area contributed by atoms with Crippen molar-refractivity contribution < 1.29 is 42.5 Å². The summed E-state index contributed by atoms with van der Waals surface area (Å²) in [4.78, 5) is 42.9. The van der Waals surface area contributed by atoms with Crippen LogP contribution in [0.15, 0.2) is 97.2 Å². The van der Waals surface area contributed by atoms with Crippen LogP contribution in [0.2, 0.25) is 0 Å². The Morgan fingerprint density at radius 2 is 1.62 bits per heavy atom. The number of Topliss-reactive ketones (excluding diaryl/α,β-unsaturated/α-hetero) is 1. The number of benzene rings is 3. The van der Waals surface area contributed by atoms with Crippen LogP contribution in [-0.2, 0) is 25.5 Å². The van der Waals surface area contributed by atoms with Crippen molar-refractivity contribution in [3.8, 4) is 17.2 Å². The van der Waals surface area contributed by atoms with E-state index >= 15 is 0 Å². The molecule has 3 aromatic carbocycles. The number of esters is 2. The van der Waals surface area contributed by atoms with E-state index in [0.29, 0.717) is 5.56 Å². The van der Waals surface area contributed by atoms with Gasteiger partial charge in [0.25, 0.3) is 0 Å². The molecule has 0 spiro atoms. The minimum atomic E-state index is -0.915. The summed E-state index contributed by atoms with van der Waals surface area (Å²) in [6.45, 7) is 2.44. The quantitative estimate of drug-likeness (QED) is 0.0863. The number of pyridine rings is 1. The van der Waals surface area contributed by atoms with Gasteiger partial charge >= 0.3 is 11.9 Å². The van der Waals surface area contributed by atoms with Crippen molar-refractivity contribution in [2.75, 3.05) is 13.9 Å². The second-order valence-electron chi connectivity index (χ2n) is 10.2. The molecule has 234 valence electrons. The zero-order valence-electron chi connectivity index (χ0n) is 25.2. The predicted octanol–water partition coefficient (Wildman–Crippen LogP) is 6.31. The third-order valence-electron chi connectivity index (χ3n) is 6.82. The van der Waals surface area contributed by atoms with Gasteiger partial charge in [-0.1, -0.05) is 66.7 Å². The average Bonchev–Trinajstić information content (AvgIpc) is 3.04. The van der Waals surface area contributed by atoms with Crippen LogP contribution in [0.1, 0.15) is 48.0 Å². The van der Waals surface area contributed by atoms with Gasteiger partial charge in [-0.2, -0.15) is 0 Å². The van der Waals surface area contributed by atoms with E-state index < -0.39 is 48.5 Å². The number of hydrogen-bond acceptors (Lipinski definition) is 9. The number of rotatable bonds is 15. The van der Waals surface area contributed by atoms with Gasteiger partial charge in [0.05, 0.1) is 13.0 Å². The van der Waals surface area contributed by atoms with E-state index in [0.717, 1.165) is 5.56 Å². The number of ether oxygens (including phenoxy) is 5. The second kappa shape index (κ2) is 16.0. The summed E-state index contributed by atoms with van der Waals surface area (Å²) >= 11 is 0. The number of hydrogen-bond donors (Lipinski definition) is 0. The summed E-state index contributed by atoms with van der Waals surface area (Å²) in [5.41, 5.74) is 1.45. The molecule has 0 radical (unpaired) electrons. The van der Waals surface area contributed by atoms with Crippen molar-refractivity contribution in [1.29, 1.82) is 0 Å². The molecule has 45 heavy (non-hydrogen) atoms. The van der Waals surface area contributed by atoms with E-state index in [1.165, 1.54) is 44.5 Å². The maximum atomic E-state index is 13.9. The summed E-state index contributed by atoms with van der Waals surface area (Å²) in [5, 5.41) is 0. The molecule has 10 heteroatoms. The van der Waals surface area contributed by atoms with Crippen molar-refractivity contribution in [2.45, 2.75) is 38.9 Å². The Morgan fingerprint density at radius 1 is 0.911 bits per heavy atom. The maximum absolute atomic E-state index is 13.9. The lowest BCUT2D eigenvalue weighted by molar-refractivity contribution is -0.158. The topological polar surface area (TPSA) is 110 Å². The van der Waals surface area contributed by atoms with Crippen LogP contribution in [0.4, 0.5) is 4.39 Å². The van der Waals surface area contributed by atoms with Crippen molar-refractivity contribution in [2.24, 2.45) is 5.92 Å². The van der Waals surface area contributed by atoms with Crippen LogP contribution in [0.3, 0.4) is 0 Å². The van der Waals surface area contributed by atoms with Gasteiger partial charge in [0.15, 0.2) is 29.1 Å². The van der Waals surface area contributed by atoms with E-state index in [1.54, 1.807) is 13.0 Å². The Balaban J connectivity index is 1.59. The van der Waals surface area contributed by atoms with Gasteiger partial charge in [0, 0.05) is 31.7 Å². The molecule has 0 amide bonds. The molecule has 9 nitrogen and oxygen atoms in total. The van der Waals surface area contributed by atoms with E-state index in [9.17, 15) is 18.8 Å². The van der Waals surface area contributed by atoms with Crippen LogP contribution in [0, 0.1) is 11.7 Å². The fraction of sp³-hybridized carbons (Fsp3) is 0.257. The first-order valence-electron chi connectivity index (χ1n) is 14.3. The molecule has 0 unspecified atom stereocenters. The van der Waals surface area contributed by atoms with Crippen molar-refractivity contribution in [3.63, 3.8) is 0 Å². The fourth-order valence-corrected chi connectivity index (χ4v) is 4.66. The van der Waals surface area contributed by atoms with E-state index in [-0.39, 0.29) is 35.8 Å². The number of nitrogens with zero attached hydrogens (tertiary/aromatic N) is 1. The molecule has 4 rings (SSSR count). The normalized spacial score (nSPS) is 12.7. The van der Waals surface area contributed by atoms with Gasteiger partial charge in [-0.25, -0.2) is 9.37 Å². The average molecular weight is 616 g/mol. The zero-order valence-corrected chi connectivity index (χ0v) is 25.2. The molecule has 4 aromatic rings. The third kappa shape index (κ3) is 9.37. The molecule has 0 aliphatic carbocycles. The molecule has 0 aliphatic heterocycles. The molecule has 1 aromatic heterocycles. The smallest absolute Gasteiger partial charge is 0.310 e. The molecule has 3 atom stereocenters. The van der Waals surface area contributed by atoms with Crippen LogP contribution in [-0.4, -0.2) is 42.7 Å². The summed E-state index contributed by atoms with van der Waals surface area (Å²) in [6.07, 6.45) is -0.288. The highest BCUT2D eigenvalue weighted by atomic mass is 19.1. The zero-order chi connectivity index (χ0) is 32.2.